The second-order valence-electron chi connectivity index (χ2n) is 3.52. The lowest BCUT2D eigenvalue weighted by Crippen LogP contribution is -2.47. The Morgan fingerprint density at radius 1 is 1.64 bits per heavy atom. The predicted octanol–water partition coefficient (Wildman–Crippen LogP) is 0.613. The number of rotatable bonds is 1. The number of ether oxygens (including phenoxy) is 1. The third-order valence-corrected chi connectivity index (χ3v) is 4.05. The van der Waals surface area contributed by atoms with Gasteiger partial charge < -0.3 is 9.64 Å². The van der Waals surface area contributed by atoms with Crippen molar-refractivity contribution in [2.24, 2.45) is 0 Å². The van der Waals surface area contributed by atoms with Gasteiger partial charge in [0.15, 0.2) is 0 Å². The van der Waals surface area contributed by atoms with Gasteiger partial charge in [-0.3, -0.25) is 4.79 Å². The molecular weight excluding hydrogens is 202 g/mol. The summed E-state index contributed by atoms with van der Waals surface area (Å²) in [6, 6.07) is -0.345. The molecule has 0 radical (unpaired) electrons. The minimum atomic E-state index is -0.345. The molecule has 2 aliphatic heterocycles. The van der Waals surface area contributed by atoms with Gasteiger partial charge in [-0.1, -0.05) is 0 Å². The van der Waals surface area contributed by atoms with Crippen LogP contribution in [-0.4, -0.2) is 41.1 Å². The summed E-state index contributed by atoms with van der Waals surface area (Å²) in [6.45, 7) is 0. The molecule has 0 aromatic carbocycles. The summed E-state index contributed by atoms with van der Waals surface area (Å²) in [7, 11) is 1.37. The van der Waals surface area contributed by atoms with Crippen molar-refractivity contribution >= 4 is 23.6 Å². The number of carbonyl (C=O) groups is 2. The number of hydrogen-bond donors (Lipinski definition) is 0. The maximum atomic E-state index is 11.6. The van der Waals surface area contributed by atoms with Gasteiger partial charge in [0.1, 0.15) is 6.04 Å². The fourth-order valence-corrected chi connectivity index (χ4v) is 3.45. The minimum absolute atomic E-state index is 0.0988. The molecule has 0 saturated carbocycles. The van der Waals surface area contributed by atoms with Crippen molar-refractivity contribution in [3.8, 4) is 0 Å². The van der Waals surface area contributed by atoms with Crippen molar-refractivity contribution in [2.45, 2.75) is 30.7 Å². The first-order valence-corrected chi connectivity index (χ1v) is 5.79. The maximum absolute atomic E-state index is 11.6. The highest BCUT2D eigenvalue weighted by atomic mass is 32.2. The van der Waals surface area contributed by atoms with Crippen molar-refractivity contribution in [3.63, 3.8) is 0 Å². The topological polar surface area (TPSA) is 46.6 Å². The van der Waals surface area contributed by atoms with Crippen LogP contribution in [0.1, 0.15) is 19.3 Å². The summed E-state index contributed by atoms with van der Waals surface area (Å²) in [6.07, 6.45) is 2.52. The van der Waals surface area contributed by atoms with Crippen LogP contribution < -0.4 is 0 Å². The van der Waals surface area contributed by atoms with Gasteiger partial charge >= 0.3 is 5.97 Å². The zero-order valence-electron chi connectivity index (χ0n) is 8.06. The first kappa shape index (κ1) is 9.83. The van der Waals surface area contributed by atoms with E-state index in [1.807, 2.05) is 0 Å². The van der Waals surface area contributed by atoms with Crippen molar-refractivity contribution in [3.05, 3.63) is 0 Å². The van der Waals surface area contributed by atoms with E-state index in [4.69, 9.17) is 0 Å². The number of esters is 1. The van der Waals surface area contributed by atoms with Gasteiger partial charge in [0, 0.05) is 12.2 Å². The smallest absolute Gasteiger partial charge is 0.329 e. The average Bonchev–Trinajstić information content (AvgIpc) is 2.62. The van der Waals surface area contributed by atoms with Crippen LogP contribution in [-0.2, 0) is 14.3 Å². The number of carbonyl (C=O) groups excluding carboxylic acids is 2. The third-order valence-electron chi connectivity index (χ3n) is 2.70. The van der Waals surface area contributed by atoms with Crippen LogP contribution in [0.2, 0.25) is 0 Å². The largest absolute Gasteiger partial charge is 0.467 e. The Hall–Kier alpha value is -0.710. The fraction of sp³-hybridized carbons (Fsp3) is 0.778. The quantitative estimate of drug-likeness (QED) is 0.601. The second-order valence-corrected chi connectivity index (χ2v) is 4.73. The fourth-order valence-electron chi connectivity index (χ4n) is 2.00. The van der Waals surface area contributed by atoms with Crippen molar-refractivity contribution in [1.29, 1.82) is 0 Å². The van der Waals surface area contributed by atoms with E-state index >= 15 is 0 Å². The lowest BCUT2D eigenvalue weighted by Gasteiger charge is -2.31. The molecule has 2 aliphatic rings. The predicted molar refractivity (Wildman–Crippen MR) is 52.7 cm³/mol. The number of thioether (sulfide) groups is 1. The Bertz CT molecular complexity index is 269. The van der Waals surface area contributed by atoms with E-state index < -0.39 is 0 Å². The van der Waals surface area contributed by atoms with Crippen LogP contribution in [0.3, 0.4) is 0 Å². The number of piperidine rings is 1. The van der Waals surface area contributed by atoms with E-state index in [2.05, 4.69) is 4.74 Å². The van der Waals surface area contributed by atoms with Gasteiger partial charge in [-0.15, -0.1) is 11.8 Å². The van der Waals surface area contributed by atoms with Crippen molar-refractivity contribution < 1.29 is 14.3 Å². The average molecular weight is 215 g/mol. The van der Waals surface area contributed by atoms with Crippen molar-refractivity contribution in [2.75, 3.05) is 12.9 Å². The van der Waals surface area contributed by atoms with Crippen LogP contribution >= 0.6 is 11.8 Å². The van der Waals surface area contributed by atoms with Crippen LogP contribution in [0.15, 0.2) is 0 Å². The molecule has 5 heteroatoms. The normalized spacial score (nSPS) is 31.5. The van der Waals surface area contributed by atoms with E-state index in [0.717, 1.165) is 12.8 Å². The lowest BCUT2D eigenvalue weighted by molar-refractivity contribution is -0.152. The lowest BCUT2D eigenvalue weighted by atomic mass is 10.1. The van der Waals surface area contributed by atoms with Gasteiger partial charge in [-0.05, 0) is 12.8 Å². The van der Waals surface area contributed by atoms with Crippen LogP contribution in [0.5, 0.6) is 0 Å². The minimum Gasteiger partial charge on any atom is -0.467 e. The van der Waals surface area contributed by atoms with E-state index in [-0.39, 0.29) is 23.3 Å². The number of hydrogen-bond acceptors (Lipinski definition) is 4. The summed E-state index contributed by atoms with van der Waals surface area (Å²) < 4.78 is 4.69. The zero-order chi connectivity index (χ0) is 10.1. The highest BCUT2D eigenvalue weighted by Crippen LogP contribution is 2.36. The van der Waals surface area contributed by atoms with E-state index in [9.17, 15) is 9.59 Å². The van der Waals surface area contributed by atoms with Crippen LogP contribution in [0.25, 0.3) is 0 Å². The van der Waals surface area contributed by atoms with Gasteiger partial charge in [-0.2, -0.15) is 0 Å². The highest BCUT2D eigenvalue weighted by molar-refractivity contribution is 8.00. The van der Waals surface area contributed by atoms with E-state index in [0.29, 0.717) is 12.2 Å². The monoisotopic (exact) mass is 215 g/mol. The number of fused-ring (bicyclic) bond motifs is 1. The molecule has 2 saturated heterocycles. The van der Waals surface area contributed by atoms with E-state index in [1.54, 1.807) is 16.7 Å². The van der Waals surface area contributed by atoms with Crippen LogP contribution in [0.4, 0.5) is 0 Å². The molecule has 0 N–H and O–H groups in total. The van der Waals surface area contributed by atoms with E-state index in [1.165, 1.54) is 7.11 Å². The molecule has 2 atom stereocenters. The summed E-state index contributed by atoms with van der Waals surface area (Å²) in [5, 5.41) is 0.209. The molecule has 0 aliphatic carbocycles. The second kappa shape index (κ2) is 3.81. The standard InChI is InChI=1S/C9H13NO3S/c1-13-9(12)6-5-14-8-4-2-3-7(11)10(6)8/h6,8H,2-5H2,1H3/t6-,8-/m0/s1. The molecule has 2 rings (SSSR count). The Morgan fingerprint density at radius 2 is 2.43 bits per heavy atom. The first-order chi connectivity index (χ1) is 6.74. The van der Waals surface area contributed by atoms with Gasteiger partial charge in [-0.25, -0.2) is 4.79 Å². The molecule has 0 unspecified atom stereocenters. The number of methoxy groups -OCH3 is 1. The molecular formula is C9H13NO3S. The summed E-state index contributed by atoms with van der Waals surface area (Å²) in [5.41, 5.74) is 0. The molecule has 78 valence electrons. The summed E-state index contributed by atoms with van der Waals surface area (Å²) >= 11 is 1.69. The molecule has 4 nitrogen and oxygen atoms in total. The molecule has 14 heavy (non-hydrogen) atoms. The SMILES string of the molecule is COC(=O)[C@@H]1CS[C@H]2CCCC(=O)N21. The van der Waals surface area contributed by atoms with Gasteiger partial charge in [0.2, 0.25) is 5.91 Å². The summed E-state index contributed by atoms with van der Waals surface area (Å²) in [5.74, 6) is 0.500. The molecule has 2 fully saturated rings. The van der Waals surface area contributed by atoms with Crippen LogP contribution in [0, 0.1) is 0 Å². The summed E-state index contributed by atoms with van der Waals surface area (Å²) in [4.78, 5) is 24.7. The first-order valence-electron chi connectivity index (χ1n) is 4.74. The molecule has 0 bridgehead atoms. The van der Waals surface area contributed by atoms with Gasteiger partial charge in [0.25, 0.3) is 0 Å². The molecule has 1 amide bonds. The number of amides is 1. The Kier molecular flexibility index (Phi) is 2.67. The maximum Gasteiger partial charge on any atom is 0.329 e. The van der Waals surface area contributed by atoms with Gasteiger partial charge in [0.05, 0.1) is 12.5 Å². The van der Waals surface area contributed by atoms with Crippen molar-refractivity contribution in [1.82, 2.24) is 4.90 Å². The zero-order valence-corrected chi connectivity index (χ0v) is 8.88. The highest BCUT2D eigenvalue weighted by Gasteiger charge is 2.43. The number of nitrogens with zero attached hydrogens (tertiary/aromatic N) is 1. The third kappa shape index (κ3) is 1.49. The molecule has 0 spiro atoms. The Balaban J connectivity index is 2.14. The molecule has 0 aromatic heterocycles. The molecule has 0 aromatic rings. The Morgan fingerprint density at radius 3 is 3.14 bits per heavy atom. The Labute approximate surface area is 87.0 Å². The molecule has 2 heterocycles.